The van der Waals surface area contributed by atoms with E-state index in [-0.39, 0.29) is 10.7 Å². The third-order valence-corrected chi connectivity index (χ3v) is 2.73. The van der Waals surface area contributed by atoms with Crippen molar-refractivity contribution >= 4 is 28.3 Å². The molecular weight excluding hydrogens is 242 g/mol. The first-order valence-corrected chi connectivity index (χ1v) is 5.25. The third kappa shape index (κ3) is 2.03. The van der Waals surface area contributed by atoms with E-state index in [4.69, 9.17) is 21.1 Å². The number of benzene rings is 1. The number of hydrogen-bond acceptors (Lipinski definition) is 4. The Balaban J connectivity index is 2.77. The van der Waals surface area contributed by atoms with Gasteiger partial charge in [-0.1, -0.05) is 11.6 Å². The largest absolute Gasteiger partial charge is 0.497 e. The van der Waals surface area contributed by atoms with E-state index in [1.165, 1.54) is 7.11 Å². The van der Waals surface area contributed by atoms with Crippen LogP contribution >= 0.6 is 11.6 Å². The lowest BCUT2D eigenvalue weighted by Crippen LogP contribution is -2.04. The molecular formula is C12H10ClNO3. The minimum Gasteiger partial charge on any atom is -0.497 e. The van der Waals surface area contributed by atoms with Gasteiger partial charge >= 0.3 is 5.97 Å². The van der Waals surface area contributed by atoms with Crippen molar-refractivity contribution in [2.45, 2.75) is 0 Å². The van der Waals surface area contributed by atoms with Crippen molar-refractivity contribution in [1.82, 2.24) is 4.98 Å². The standard InChI is InChI=1S/C12H10ClNO3/c1-16-8-4-3-7-6-14-11(13)10(9(7)5-8)12(15)17-2/h3-6H,1-2H3. The number of carbonyl (C=O) groups excluding carboxylic acids is 1. The highest BCUT2D eigenvalue weighted by Gasteiger charge is 2.16. The topological polar surface area (TPSA) is 48.4 Å². The van der Waals surface area contributed by atoms with Crippen LogP contribution in [0.2, 0.25) is 5.15 Å². The minimum absolute atomic E-state index is 0.123. The molecule has 0 N–H and O–H groups in total. The van der Waals surface area contributed by atoms with Crippen LogP contribution in [0.5, 0.6) is 5.75 Å². The zero-order chi connectivity index (χ0) is 12.4. The van der Waals surface area contributed by atoms with Crippen LogP contribution in [0, 0.1) is 0 Å². The quantitative estimate of drug-likeness (QED) is 0.608. The van der Waals surface area contributed by atoms with Gasteiger partial charge in [0.1, 0.15) is 16.5 Å². The fourth-order valence-corrected chi connectivity index (χ4v) is 1.82. The molecule has 0 amide bonds. The van der Waals surface area contributed by atoms with Crippen LogP contribution in [-0.4, -0.2) is 25.2 Å². The second-order valence-corrected chi connectivity index (χ2v) is 3.73. The number of methoxy groups -OCH3 is 2. The van der Waals surface area contributed by atoms with E-state index < -0.39 is 5.97 Å². The number of rotatable bonds is 2. The number of carbonyl (C=O) groups is 1. The smallest absolute Gasteiger partial charge is 0.341 e. The van der Waals surface area contributed by atoms with Gasteiger partial charge in [-0.25, -0.2) is 9.78 Å². The van der Waals surface area contributed by atoms with E-state index in [2.05, 4.69) is 4.98 Å². The number of pyridine rings is 1. The van der Waals surface area contributed by atoms with Gasteiger partial charge in [0.15, 0.2) is 0 Å². The first-order chi connectivity index (χ1) is 8.17. The summed E-state index contributed by atoms with van der Waals surface area (Å²) >= 11 is 5.92. The maximum absolute atomic E-state index is 11.7. The van der Waals surface area contributed by atoms with Gasteiger partial charge in [0.05, 0.1) is 14.2 Å². The number of fused-ring (bicyclic) bond motifs is 1. The highest BCUT2D eigenvalue weighted by Crippen LogP contribution is 2.27. The Morgan fingerprint density at radius 2 is 2.12 bits per heavy atom. The fraction of sp³-hybridized carbons (Fsp3) is 0.167. The molecule has 0 aliphatic carbocycles. The molecule has 0 atom stereocenters. The Morgan fingerprint density at radius 1 is 1.35 bits per heavy atom. The highest BCUT2D eigenvalue weighted by molar-refractivity contribution is 6.34. The Hall–Kier alpha value is -1.81. The fourth-order valence-electron chi connectivity index (χ4n) is 1.59. The van der Waals surface area contributed by atoms with Gasteiger partial charge in [-0.2, -0.15) is 0 Å². The summed E-state index contributed by atoms with van der Waals surface area (Å²) in [4.78, 5) is 15.6. The SMILES string of the molecule is COC(=O)c1c(Cl)ncc2ccc(OC)cc12. The van der Waals surface area contributed by atoms with Crippen LogP contribution in [0.1, 0.15) is 10.4 Å². The average Bonchev–Trinajstić information content (AvgIpc) is 2.37. The molecule has 0 bridgehead atoms. The van der Waals surface area contributed by atoms with Crippen molar-refractivity contribution in [3.8, 4) is 5.75 Å². The molecule has 4 nitrogen and oxygen atoms in total. The van der Waals surface area contributed by atoms with Crippen molar-refractivity contribution in [2.75, 3.05) is 14.2 Å². The average molecular weight is 252 g/mol. The molecule has 0 aliphatic heterocycles. The lowest BCUT2D eigenvalue weighted by atomic mass is 10.1. The summed E-state index contributed by atoms with van der Waals surface area (Å²) in [7, 11) is 2.86. The predicted octanol–water partition coefficient (Wildman–Crippen LogP) is 2.68. The molecule has 0 unspecified atom stereocenters. The molecule has 0 aliphatic rings. The van der Waals surface area contributed by atoms with E-state index in [1.807, 2.05) is 6.07 Å². The van der Waals surface area contributed by atoms with Gasteiger partial charge in [0.25, 0.3) is 0 Å². The summed E-state index contributed by atoms with van der Waals surface area (Å²) in [6.45, 7) is 0. The van der Waals surface area contributed by atoms with E-state index in [0.29, 0.717) is 11.1 Å². The molecule has 1 aromatic carbocycles. The van der Waals surface area contributed by atoms with Crippen molar-refractivity contribution in [3.63, 3.8) is 0 Å². The highest BCUT2D eigenvalue weighted by atomic mass is 35.5. The zero-order valence-electron chi connectivity index (χ0n) is 9.36. The van der Waals surface area contributed by atoms with Crippen LogP contribution < -0.4 is 4.74 Å². The molecule has 2 rings (SSSR count). The van der Waals surface area contributed by atoms with E-state index in [9.17, 15) is 4.79 Å². The molecule has 88 valence electrons. The van der Waals surface area contributed by atoms with Crippen molar-refractivity contribution < 1.29 is 14.3 Å². The van der Waals surface area contributed by atoms with Crippen LogP contribution in [0.3, 0.4) is 0 Å². The van der Waals surface area contributed by atoms with Crippen LogP contribution in [0.25, 0.3) is 10.8 Å². The van der Waals surface area contributed by atoms with Gasteiger partial charge in [0.2, 0.25) is 0 Å². The van der Waals surface area contributed by atoms with Gasteiger partial charge in [-0.3, -0.25) is 0 Å². The molecule has 2 aromatic rings. The normalized spacial score (nSPS) is 10.3. The Bertz CT molecular complexity index is 583. The number of ether oxygens (including phenoxy) is 2. The van der Waals surface area contributed by atoms with Gasteiger partial charge < -0.3 is 9.47 Å². The molecule has 1 aromatic heterocycles. The number of hydrogen-bond donors (Lipinski definition) is 0. The molecule has 0 saturated heterocycles. The summed E-state index contributed by atoms with van der Waals surface area (Å²) in [5.41, 5.74) is 0.255. The second-order valence-electron chi connectivity index (χ2n) is 3.37. The molecule has 5 heteroatoms. The Morgan fingerprint density at radius 3 is 2.76 bits per heavy atom. The Labute approximate surface area is 103 Å². The van der Waals surface area contributed by atoms with Crippen LogP contribution in [0.15, 0.2) is 24.4 Å². The lowest BCUT2D eigenvalue weighted by Gasteiger charge is -2.07. The maximum Gasteiger partial charge on any atom is 0.341 e. The summed E-state index contributed by atoms with van der Waals surface area (Å²) in [5.74, 6) is 0.131. The summed E-state index contributed by atoms with van der Waals surface area (Å²) in [6, 6.07) is 5.33. The van der Waals surface area contributed by atoms with Crippen LogP contribution in [-0.2, 0) is 4.74 Å². The maximum atomic E-state index is 11.7. The first kappa shape index (κ1) is 11.7. The van der Waals surface area contributed by atoms with Crippen molar-refractivity contribution in [2.24, 2.45) is 0 Å². The van der Waals surface area contributed by atoms with Crippen molar-refractivity contribution in [3.05, 3.63) is 35.1 Å². The lowest BCUT2D eigenvalue weighted by molar-refractivity contribution is 0.0603. The predicted molar refractivity (Wildman–Crippen MR) is 64.6 cm³/mol. The Kier molecular flexibility index (Phi) is 3.15. The molecule has 0 fully saturated rings. The van der Waals surface area contributed by atoms with Crippen molar-refractivity contribution in [1.29, 1.82) is 0 Å². The summed E-state index contributed by atoms with van der Waals surface area (Å²) in [5, 5.41) is 1.59. The molecule has 17 heavy (non-hydrogen) atoms. The molecule has 0 saturated carbocycles. The monoisotopic (exact) mass is 251 g/mol. The summed E-state index contributed by atoms with van der Waals surface area (Å²) < 4.78 is 9.81. The van der Waals surface area contributed by atoms with E-state index in [1.54, 1.807) is 25.4 Å². The minimum atomic E-state index is -0.513. The number of aromatic nitrogens is 1. The summed E-state index contributed by atoms with van der Waals surface area (Å²) in [6.07, 6.45) is 1.60. The van der Waals surface area contributed by atoms with Crippen LogP contribution in [0.4, 0.5) is 0 Å². The van der Waals surface area contributed by atoms with Gasteiger partial charge in [-0.15, -0.1) is 0 Å². The second kappa shape index (κ2) is 4.59. The van der Waals surface area contributed by atoms with E-state index >= 15 is 0 Å². The number of nitrogens with zero attached hydrogens (tertiary/aromatic N) is 1. The van der Waals surface area contributed by atoms with E-state index in [0.717, 1.165) is 5.39 Å². The number of esters is 1. The zero-order valence-corrected chi connectivity index (χ0v) is 10.1. The molecule has 0 spiro atoms. The first-order valence-electron chi connectivity index (χ1n) is 4.88. The molecule has 1 heterocycles. The number of halogens is 1. The molecule has 0 radical (unpaired) electrons. The van der Waals surface area contributed by atoms with Gasteiger partial charge in [-0.05, 0) is 18.2 Å². The third-order valence-electron chi connectivity index (χ3n) is 2.44. The van der Waals surface area contributed by atoms with Gasteiger partial charge in [0, 0.05) is 17.0 Å².